The molecule has 0 bridgehead atoms. The molecule has 1 amide bonds. The number of anilines is 1. The average Bonchev–Trinajstić information content (AvgIpc) is 3.24. The number of nitrogens with one attached hydrogen (secondary N) is 2. The van der Waals surface area contributed by atoms with E-state index in [9.17, 15) is 4.79 Å². The Morgan fingerprint density at radius 2 is 2.19 bits per heavy atom. The van der Waals surface area contributed by atoms with E-state index in [0.717, 1.165) is 15.4 Å². The molecule has 0 radical (unpaired) electrons. The van der Waals surface area contributed by atoms with Gasteiger partial charge in [-0.15, -0.1) is 21.5 Å². The zero-order valence-corrected chi connectivity index (χ0v) is 15.8. The van der Waals surface area contributed by atoms with Gasteiger partial charge < -0.3 is 15.0 Å². The van der Waals surface area contributed by atoms with Crippen LogP contribution in [0.4, 0.5) is 5.82 Å². The zero-order valence-electron chi connectivity index (χ0n) is 15.0. The molecule has 3 heterocycles. The lowest BCUT2D eigenvalue weighted by Gasteiger charge is -2.17. The second-order valence-electron chi connectivity index (χ2n) is 6.56. The van der Waals surface area contributed by atoms with Gasteiger partial charge in [-0.25, -0.2) is 9.97 Å². The molecular formula is C17H20N6O2S. The highest BCUT2D eigenvalue weighted by Crippen LogP contribution is 2.38. The molecule has 26 heavy (non-hydrogen) atoms. The van der Waals surface area contributed by atoms with Gasteiger partial charge in [0.05, 0.1) is 6.61 Å². The number of H-pyrrole nitrogens is 1. The Morgan fingerprint density at radius 3 is 2.85 bits per heavy atom. The zero-order chi connectivity index (χ0) is 18.7. The number of amides is 1. The van der Waals surface area contributed by atoms with Crippen molar-refractivity contribution in [1.82, 2.24) is 25.1 Å². The summed E-state index contributed by atoms with van der Waals surface area (Å²) in [7, 11) is 0. The molecule has 3 aromatic rings. The van der Waals surface area contributed by atoms with Gasteiger partial charge in [-0.1, -0.05) is 20.8 Å². The summed E-state index contributed by atoms with van der Waals surface area (Å²) >= 11 is 1.43. The maximum atomic E-state index is 12.2. The first-order chi connectivity index (χ1) is 12.4. The topological polar surface area (TPSA) is 106 Å². The van der Waals surface area contributed by atoms with Crippen molar-refractivity contribution in [2.45, 2.75) is 27.7 Å². The van der Waals surface area contributed by atoms with E-state index in [1.165, 1.54) is 17.7 Å². The summed E-state index contributed by atoms with van der Waals surface area (Å²) in [4.78, 5) is 24.7. The maximum absolute atomic E-state index is 12.2. The maximum Gasteiger partial charge on any atom is 0.236 e. The number of ether oxygens (including phenoxy) is 1. The van der Waals surface area contributed by atoms with Crippen LogP contribution in [0.1, 0.15) is 27.7 Å². The van der Waals surface area contributed by atoms with Gasteiger partial charge in [-0.2, -0.15) is 0 Å². The van der Waals surface area contributed by atoms with E-state index in [1.54, 1.807) is 12.3 Å². The van der Waals surface area contributed by atoms with Crippen LogP contribution in [0.15, 0.2) is 24.7 Å². The normalized spacial score (nSPS) is 11.4. The van der Waals surface area contributed by atoms with Crippen LogP contribution in [-0.2, 0) is 4.79 Å². The largest absolute Gasteiger partial charge is 0.477 e. The van der Waals surface area contributed by atoms with Gasteiger partial charge in [0.1, 0.15) is 22.0 Å². The fourth-order valence-corrected chi connectivity index (χ4v) is 3.02. The molecule has 3 aromatic heterocycles. The van der Waals surface area contributed by atoms with Crippen molar-refractivity contribution in [3.63, 3.8) is 0 Å². The summed E-state index contributed by atoms with van der Waals surface area (Å²) in [5.74, 6) is 1.49. The molecule has 0 aliphatic heterocycles. The monoisotopic (exact) mass is 372 g/mol. The van der Waals surface area contributed by atoms with Gasteiger partial charge in [0.15, 0.2) is 5.82 Å². The molecule has 0 saturated carbocycles. The Balaban J connectivity index is 1.93. The van der Waals surface area contributed by atoms with E-state index in [4.69, 9.17) is 4.74 Å². The average molecular weight is 372 g/mol. The summed E-state index contributed by atoms with van der Waals surface area (Å²) in [5, 5.41) is 11.4. The number of carbonyl (C=O) groups excluding carboxylic acids is 1. The lowest BCUT2D eigenvalue weighted by Crippen LogP contribution is -2.27. The Morgan fingerprint density at radius 1 is 1.38 bits per heavy atom. The number of hydrogen-bond donors (Lipinski definition) is 2. The van der Waals surface area contributed by atoms with Crippen LogP contribution in [0.25, 0.3) is 21.3 Å². The number of hydrogen-bond acceptors (Lipinski definition) is 7. The van der Waals surface area contributed by atoms with Crippen LogP contribution in [0.3, 0.4) is 0 Å². The van der Waals surface area contributed by atoms with Crippen LogP contribution in [0.5, 0.6) is 5.88 Å². The van der Waals surface area contributed by atoms with Crippen LogP contribution >= 0.6 is 11.3 Å². The van der Waals surface area contributed by atoms with Crippen LogP contribution in [0.2, 0.25) is 0 Å². The van der Waals surface area contributed by atoms with Gasteiger partial charge in [-0.05, 0) is 19.1 Å². The Hall–Kier alpha value is -2.81. The molecule has 3 rings (SSSR count). The summed E-state index contributed by atoms with van der Waals surface area (Å²) < 4.78 is 5.63. The summed E-state index contributed by atoms with van der Waals surface area (Å²) in [6.45, 7) is 7.95. The highest BCUT2D eigenvalue weighted by atomic mass is 32.1. The van der Waals surface area contributed by atoms with Gasteiger partial charge in [0.25, 0.3) is 0 Å². The summed E-state index contributed by atoms with van der Waals surface area (Å²) in [5.41, 5.74) is 0.335. The lowest BCUT2D eigenvalue weighted by atomic mass is 9.96. The molecule has 136 valence electrons. The van der Waals surface area contributed by atoms with E-state index in [0.29, 0.717) is 24.1 Å². The third-order valence-corrected chi connectivity index (χ3v) is 4.53. The number of rotatable bonds is 5. The predicted molar refractivity (Wildman–Crippen MR) is 100.0 cm³/mol. The predicted octanol–water partition coefficient (Wildman–Crippen LogP) is 3.37. The van der Waals surface area contributed by atoms with Crippen LogP contribution in [-0.4, -0.2) is 37.7 Å². The van der Waals surface area contributed by atoms with Crippen molar-refractivity contribution in [1.29, 1.82) is 0 Å². The highest BCUT2D eigenvalue weighted by molar-refractivity contribution is 7.18. The number of aromatic amines is 1. The van der Waals surface area contributed by atoms with E-state index in [1.807, 2.05) is 33.8 Å². The molecule has 0 atom stereocenters. The highest BCUT2D eigenvalue weighted by Gasteiger charge is 2.22. The molecule has 0 spiro atoms. The number of pyridine rings is 1. The number of nitrogens with zero attached hydrogens (tertiary/aromatic N) is 4. The van der Waals surface area contributed by atoms with E-state index in [2.05, 4.69) is 30.5 Å². The Bertz CT molecular complexity index is 898. The fourth-order valence-electron chi connectivity index (χ4n) is 2.07. The first-order valence-corrected chi connectivity index (χ1v) is 8.98. The van der Waals surface area contributed by atoms with Crippen LogP contribution < -0.4 is 10.1 Å². The van der Waals surface area contributed by atoms with Gasteiger partial charge in [0.2, 0.25) is 11.8 Å². The third-order valence-electron chi connectivity index (χ3n) is 3.44. The smallest absolute Gasteiger partial charge is 0.236 e. The lowest BCUT2D eigenvalue weighted by molar-refractivity contribution is -0.123. The van der Waals surface area contributed by atoms with Crippen molar-refractivity contribution in [3.05, 3.63) is 24.7 Å². The van der Waals surface area contributed by atoms with Crippen molar-refractivity contribution in [2.24, 2.45) is 5.41 Å². The van der Waals surface area contributed by atoms with Crippen molar-refractivity contribution in [2.75, 3.05) is 11.9 Å². The van der Waals surface area contributed by atoms with Gasteiger partial charge in [-0.3, -0.25) is 4.79 Å². The molecular weight excluding hydrogens is 352 g/mol. The first kappa shape index (κ1) is 18.0. The molecule has 8 nitrogen and oxygen atoms in total. The van der Waals surface area contributed by atoms with E-state index in [-0.39, 0.29) is 5.91 Å². The van der Waals surface area contributed by atoms with Gasteiger partial charge in [0, 0.05) is 17.2 Å². The molecule has 0 unspecified atom stereocenters. The van der Waals surface area contributed by atoms with Crippen molar-refractivity contribution >= 4 is 23.1 Å². The summed E-state index contributed by atoms with van der Waals surface area (Å²) in [6, 6.07) is 3.63. The molecule has 0 aromatic carbocycles. The third kappa shape index (κ3) is 3.88. The molecule has 9 heteroatoms. The van der Waals surface area contributed by atoms with Crippen molar-refractivity contribution < 1.29 is 9.53 Å². The quantitative estimate of drug-likeness (QED) is 0.711. The molecule has 0 aliphatic carbocycles. The SMILES string of the molecule is CCOc1nc(-c2ccnc(NC(=O)C(C)(C)C)c2)sc1-c1nnc[nH]1. The number of carbonyl (C=O) groups is 1. The fraction of sp³-hybridized carbons (Fsp3) is 0.353. The van der Waals surface area contributed by atoms with Crippen molar-refractivity contribution in [3.8, 4) is 27.2 Å². The molecule has 0 fully saturated rings. The molecule has 2 N–H and O–H groups in total. The van der Waals surface area contributed by atoms with E-state index < -0.39 is 5.41 Å². The number of thiazole rings is 1. The summed E-state index contributed by atoms with van der Waals surface area (Å²) in [6.07, 6.45) is 3.15. The van der Waals surface area contributed by atoms with E-state index >= 15 is 0 Å². The minimum atomic E-state index is -0.500. The van der Waals surface area contributed by atoms with Crippen LogP contribution in [0, 0.1) is 5.41 Å². The second kappa shape index (κ2) is 7.20. The minimum absolute atomic E-state index is 0.0985. The minimum Gasteiger partial charge on any atom is -0.477 e. The Labute approximate surface area is 155 Å². The number of aromatic nitrogens is 5. The Kier molecular flexibility index (Phi) is 4.99. The first-order valence-electron chi connectivity index (χ1n) is 8.16. The standard InChI is InChI=1S/C17H20N6O2S/c1-5-25-14-12(13-19-9-20-23-13)26-15(22-14)10-6-7-18-11(8-10)21-16(24)17(2,3)4/h6-9H,5H2,1-4H3,(H,18,21,24)(H,19,20,23). The molecule has 0 aliphatic rings. The molecule has 0 saturated heterocycles. The second-order valence-corrected chi connectivity index (χ2v) is 7.56. The van der Waals surface area contributed by atoms with Gasteiger partial charge >= 0.3 is 0 Å².